The summed E-state index contributed by atoms with van der Waals surface area (Å²) >= 11 is 1.15. The Morgan fingerprint density at radius 3 is 2.66 bits per heavy atom. The number of aryl methyl sites for hydroxylation is 2. The molecule has 0 atom stereocenters. The van der Waals surface area contributed by atoms with Crippen molar-refractivity contribution in [2.45, 2.75) is 38.6 Å². The van der Waals surface area contributed by atoms with E-state index < -0.39 is 5.91 Å². The summed E-state index contributed by atoms with van der Waals surface area (Å²) in [5, 5.41) is 8.25. The average molecular weight is 455 g/mol. The first kappa shape index (κ1) is 23.3. The molecule has 2 N–H and O–H groups in total. The highest BCUT2D eigenvalue weighted by Gasteiger charge is 2.17. The van der Waals surface area contributed by atoms with Crippen LogP contribution < -0.4 is 10.5 Å². The minimum atomic E-state index is -0.450. The predicted molar refractivity (Wildman–Crippen MR) is 121 cm³/mol. The summed E-state index contributed by atoms with van der Waals surface area (Å²) in [6, 6.07) is 15.5. The van der Waals surface area contributed by atoms with Gasteiger partial charge in [-0.1, -0.05) is 54.2 Å². The molecule has 0 aliphatic carbocycles. The van der Waals surface area contributed by atoms with Crippen LogP contribution >= 0.6 is 11.8 Å². The summed E-state index contributed by atoms with van der Waals surface area (Å²) in [5.74, 6) is 0.597. The number of amides is 2. The van der Waals surface area contributed by atoms with E-state index in [1.165, 1.54) is 0 Å². The number of nitrogens with two attached hydrogens (primary N) is 1. The Morgan fingerprint density at radius 1 is 1.12 bits per heavy atom. The topological polar surface area (TPSA) is 112 Å². The molecule has 0 unspecified atom stereocenters. The Morgan fingerprint density at radius 2 is 1.91 bits per heavy atom. The second-order valence-corrected chi connectivity index (χ2v) is 8.25. The molecule has 8 nitrogen and oxygen atoms in total. The van der Waals surface area contributed by atoms with E-state index in [1.54, 1.807) is 4.90 Å². The van der Waals surface area contributed by atoms with E-state index in [9.17, 15) is 9.59 Å². The predicted octanol–water partition coefficient (Wildman–Crippen LogP) is 3.26. The number of ether oxygens (including phenoxy) is 1. The molecule has 0 aliphatic heterocycles. The number of carbonyl (C=O) groups is 2. The van der Waals surface area contributed by atoms with Crippen molar-refractivity contribution in [3.05, 3.63) is 71.1 Å². The second-order valence-electron chi connectivity index (χ2n) is 7.33. The van der Waals surface area contributed by atoms with Gasteiger partial charge in [-0.05, 0) is 36.6 Å². The molecule has 3 rings (SSSR count). The first-order valence-electron chi connectivity index (χ1n) is 10.2. The molecule has 1 aromatic heterocycles. The lowest BCUT2D eigenvalue weighted by Crippen LogP contribution is -2.34. The van der Waals surface area contributed by atoms with Crippen LogP contribution in [-0.4, -0.2) is 39.2 Å². The fourth-order valence-electron chi connectivity index (χ4n) is 2.91. The lowest BCUT2D eigenvalue weighted by Gasteiger charge is -2.22. The average Bonchev–Trinajstić information content (AvgIpc) is 3.24. The number of primary amides is 1. The molecular formula is C23H26N4O4S. The molecule has 0 bridgehead atoms. The van der Waals surface area contributed by atoms with Crippen molar-refractivity contribution in [1.29, 1.82) is 0 Å². The molecule has 0 saturated heterocycles. The van der Waals surface area contributed by atoms with Gasteiger partial charge >= 0.3 is 0 Å². The monoisotopic (exact) mass is 454 g/mol. The minimum Gasteiger partial charge on any atom is -0.484 e. The number of hydrogen-bond donors (Lipinski definition) is 1. The van der Waals surface area contributed by atoms with Crippen LogP contribution in [0.4, 0.5) is 0 Å². The Hall–Kier alpha value is -3.33. The van der Waals surface area contributed by atoms with E-state index in [0.29, 0.717) is 12.4 Å². The van der Waals surface area contributed by atoms with Crippen molar-refractivity contribution in [3.63, 3.8) is 0 Å². The van der Waals surface area contributed by atoms with Crippen molar-refractivity contribution in [2.24, 2.45) is 5.73 Å². The van der Waals surface area contributed by atoms with Crippen LogP contribution in [0.5, 0.6) is 5.75 Å². The molecule has 2 amide bonds. The van der Waals surface area contributed by atoms with Crippen molar-refractivity contribution in [3.8, 4) is 5.75 Å². The van der Waals surface area contributed by atoms with Crippen LogP contribution in [0.2, 0.25) is 0 Å². The molecule has 9 heteroatoms. The number of nitrogens with zero attached hydrogens (tertiary/aromatic N) is 3. The number of aromatic nitrogens is 2. The zero-order valence-electron chi connectivity index (χ0n) is 18.1. The van der Waals surface area contributed by atoms with Crippen LogP contribution in [0.25, 0.3) is 0 Å². The van der Waals surface area contributed by atoms with Gasteiger partial charge in [0.05, 0.1) is 5.75 Å². The Labute approximate surface area is 191 Å². The molecule has 0 saturated carbocycles. The van der Waals surface area contributed by atoms with Crippen molar-refractivity contribution >= 4 is 23.6 Å². The van der Waals surface area contributed by atoms with E-state index in [0.717, 1.165) is 34.2 Å². The van der Waals surface area contributed by atoms with E-state index in [1.807, 2.05) is 62.4 Å². The maximum Gasteiger partial charge on any atom is 0.277 e. The van der Waals surface area contributed by atoms with E-state index in [4.69, 9.17) is 14.9 Å². The van der Waals surface area contributed by atoms with Gasteiger partial charge in [-0.3, -0.25) is 9.59 Å². The van der Waals surface area contributed by atoms with Gasteiger partial charge < -0.3 is 19.8 Å². The normalized spacial score (nSPS) is 10.7. The Kier molecular flexibility index (Phi) is 8.27. The molecule has 0 aliphatic rings. The highest BCUT2D eigenvalue weighted by atomic mass is 32.2. The van der Waals surface area contributed by atoms with Gasteiger partial charge in [0.2, 0.25) is 11.8 Å². The van der Waals surface area contributed by atoms with Crippen molar-refractivity contribution in [2.75, 3.05) is 12.3 Å². The number of carbonyl (C=O) groups excluding carboxylic acids is 2. The van der Waals surface area contributed by atoms with Crippen LogP contribution in [0.15, 0.2) is 58.2 Å². The summed E-state index contributed by atoms with van der Waals surface area (Å²) < 4.78 is 11.4. The standard InChI is InChI=1S/C23H26N4O4S/c1-16-8-9-17(2)19(12-16)30-14-21-25-26-23(31-21)32-15-22(29)27(11-10-20(24)28)13-18-6-4-3-5-7-18/h3-9,12H,10-11,13-15H2,1-2H3,(H2,24,28). The molecule has 2 aromatic carbocycles. The maximum atomic E-state index is 12.8. The molecule has 3 aromatic rings. The summed E-state index contributed by atoms with van der Waals surface area (Å²) in [6.07, 6.45) is 0.101. The molecule has 0 fully saturated rings. The number of rotatable bonds is 11. The Bertz CT molecular complexity index is 1060. The van der Waals surface area contributed by atoms with E-state index >= 15 is 0 Å². The van der Waals surface area contributed by atoms with Gasteiger partial charge in [0, 0.05) is 19.5 Å². The van der Waals surface area contributed by atoms with Crippen LogP contribution in [0.1, 0.15) is 29.0 Å². The molecule has 1 heterocycles. The third kappa shape index (κ3) is 7.12. The lowest BCUT2D eigenvalue weighted by molar-refractivity contribution is -0.129. The fourth-order valence-corrected chi connectivity index (χ4v) is 3.60. The second kappa shape index (κ2) is 11.3. The van der Waals surface area contributed by atoms with E-state index in [-0.39, 0.29) is 36.5 Å². The molecule has 32 heavy (non-hydrogen) atoms. The van der Waals surface area contributed by atoms with E-state index in [2.05, 4.69) is 10.2 Å². The lowest BCUT2D eigenvalue weighted by atomic mass is 10.1. The van der Waals surface area contributed by atoms with Crippen molar-refractivity contribution in [1.82, 2.24) is 15.1 Å². The smallest absolute Gasteiger partial charge is 0.277 e. The first-order valence-corrected chi connectivity index (χ1v) is 11.1. The zero-order chi connectivity index (χ0) is 22.9. The largest absolute Gasteiger partial charge is 0.484 e. The number of hydrogen-bond acceptors (Lipinski definition) is 7. The Balaban J connectivity index is 1.54. The highest BCUT2D eigenvalue weighted by Crippen LogP contribution is 2.22. The van der Waals surface area contributed by atoms with Gasteiger partial charge in [-0.2, -0.15) is 0 Å². The molecule has 0 spiro atoms. The summed E-state index contributed by atoms with van der Waals surface area (Å²) in [4.78, 5) is 25.6. The van der Waals surface area contributed by atoms with Crippen molar-refractivity contribution < 1.29 is 18.7 Å². The summed E-state index contributed by atoms with van der Waals surface area (Å²) in [6.45, 7) is 4.75. The number of benzene rings is 2. The first-order chi connectivity index (χ1) is 15.4. The molecule has 168 valence electrons. The summed E-state index contributed by atoms with van der Waals surface area (Å²) in [5.41, 5.74) is 8.35. The van der Waals surface area contributed by atoms with Crippen LogP contribution in [-0.2, 0) is 22.7 Å². The maximum absolute atomic E-state index is 12.8. The quantitative estimate of drug-likeness (QED) is 0.443. The summed E-state index contributed by atoms with van der Waals surface area (Å²) in [7, 11) is 0. The van der Waals surface area contributed by atoms with Gasteiger partial charge in [-0.25, -0.2) is 0 Å². The van der Waals surface area contributed by atoms with Gasteiger partial charge in [-0.15, -0.1) is 10.2 Å². The third-order valence-corrected chi connectivity index (χ3v) is 5.46. The third-order valence-electron chi connectivity index (χ3n) is 4.66. The molecule has 0 radical (unpaired) electrons. The zero-order valence-corrected chi connectivity index (χ0v) is 18.9. The fraction of sp³-hybridized carbons (Fsp3) is 0.304. The van der Waals surface area contributed by atoms with Crippen LogP contribution in [0, 0.1) is 13.8 Å². The van der Waals surface area contributed by atoms with Gasteiger partial charge in [0.1, 0.15) is 5.75 Å². The van der Waals surface area contributed by atoms with Gasteiger partial charge in [0.25, 0.3) is 11.1 Å². The molecular weight excluding hydrogens is 428 g/mol. The van der Waals surface area contributed by atoms with Crippen LogP contribution in [0.3, 0.4) is 0 Å². The number of thioether (sulfide) groups is 1. The van der Waals surface area contributed by atoms with Gasteiger partial charge in [0.15, 0.2) is 6.61 Å². The SMILES string of the molecule is Cc1ccc(C)c(OCc2nnc(SCC(=O)N(CCC(N)=O)Cc3ccccc3)o2)c1. The minimum absolute atomic E-state index is 0.101. The highest BCUT2D eigenvalue weighted by molar-refractivity contribution is 7.99.